The third kappa shape index (κ3) is 6.37. The molecule has 2 rings (SSSR count). The Balaban J connectivity index is 1.68. The molecule has 1 aliphatic heterocycles. The van der Waals surface area contributed by atoms with Crippen LogP contribution in [0.3, 0.4) is 0 Å². The summed E-state index contributed by atoms with van der Waals surface area (Å²) in [6.45, 7) is 6.89. The maximum Gasteiger partial charge on any atom is 0.317 e. The second-order valence-electron chi connectivity index (χ2n) is 7.54. The molecular formula is C17H32N4O2. The van der Waals surface area contributed by atoms with Gasteiger partial charge >= 0.3 is 6.03 Å². The smallest absolute Gasteiger partial charge is 0.317 e. The highest BCUT2D eigenvalue weighted by Crippen LogP contribution is 2.31. The predicted octanol–water partition coefficient (Wildman–Crippen LogP) is 1.31. The molecule has 132 valence electrons. The number of nitrogens with zero attached hydrogens (tertiary/aromatic N) is 1. The van der Waals surface area contributed by atoms with Crippen LogP contribution in [-0.4, -0.2) is 49.1 Å². The van der Waals surface area contributed by atoms with Gasteiger partial charge in [-0.1, -0.05) is 13.8 Å². The fourth-order valence-corrected chi connectivity index (χ4v) is 3.08. The first-order chi connectivity index (χ1) is 11.0. The van der Waals surface area contributed by atoms with Crippen LogP contribution < -0.4 is 16.4 Å². The van der Waals surface area contributed by atoms with Gasteiger partial charge in [-0.15, -0.1) is 0 Å². The number of hydrogen-bond donors (Lipinski definition) is 3. The van der Waals surface area contributed by atoms with Crippen LogP contribution in [0.4, 0.5) is 4.79 Å². The van der Waals surface area contributed by atoms with E-state index in [1.54, 1.807) is 0 Å². The van der Waals surface area contributed by atoms with Gasteiger partial charge in [0.1, 0.15) is 0 Å². The summed E-state index contributed by atoms with van der Waals surface area (Å²) in [7, 11) is 0. The van der Waals surface area contributed by atoms with E-state index in [1.807, 2.05) is 4.90 Å². The van der Waals surface area contributed by atoms with E-state index in [0.29, 0.717) is 37.9 Å². The van der Waals surface area contributed by atoms with Crippen LogP contribution in [0.25, 0.3) is 0 Å². The highest BCUT2D eigenvalue weighted by atomic mass is 16.2. The lowest BCUT2D eigenvalue weighted by Gasteiger charge is -2.32. The molecular weight excluding hydrogens is 292 g/mol. The second-order valence-corrected chi connectivity index (χ2v) is 7.54. The number of amides is 3. The van der Waals surface area contributed by atoms with Crippen molar-refractivity contribution in [3.63, 3.8) is 0 Å². The average molecular weight is 324 g/mol. The van der Waals surface area contributed by atoms with E-state index in [0.717, 1.165) is 19.4 Å². The zero-order chi connectivity index (χ0) is 16.8. The molecule has 0 bridgehead atoms. The highest BCUT2D eigenvalue weighted by molar-refractivity contribution is 5.77. The van der Waals surface area contributed by atoms with Crippen LogP contribution in [0.2, 0.25) is 0 Å². The van der Waals surface area contributed by atoms with Crippen molar-refractivity contribution in [1.82, 2.24) is 15.5 Å². The molecule has 2 aliphatic rings. The summed E-state index contributed by atoms with van der Waals surface area (Å²) in [5.41, 5.74) is 6.00. The number of likely N-dealkylation sites (tertiary alicyclic amines) is 1. The molecule has 1 saturated heterocycles. The van der Waals surface area contributed by atoms with Gasteiger partial charge in [0.2, 0.25) is 5.91 Å². The minimum atomic E-state index is -0.000404. The Morgan fingerprint density at radius 2 is 1.91 bits per heavy atom. The van der Waals surface area contributed by atoms with Crippen molar-refractivity contribution in [2.75, 3.05) is 26.2 Å². The number of urea groups is 1. The zero-order valence-electron chi connectivity index (χ0n) is 14.5. The molecule has 2 atom stereocenters. The quantitative estimate of drug-likeness (QED) is 0.660. The molecule has 0 aromatic carbocycles. The molecule has 0 aromatic rings. The first-order valence-corrected chi connectivity index (χ1v) is 9.00. The second kappa shape index (κ2) is 8.52. The van der Waals surface area contributed by atoms with E-state index < -0.39 is 0 Å². The molecule has 2 fully saturated rings. The average Bonchev–Trinajstić information content (AvgIpc) is 3.35. The molecule has 6 heteroatoms. The molecule has 0 radical (unpaired) electrons. The van der Waals surface area contributed by atoms with Crippen molar-refractivity contribution < 1.29 is 9.59 Å². The lowest BCUT2D eigenvalue weighted by atomic mass is 9.94. The van der Waals surface area contributed by atoms with Gasteiger partial charge in [-0.2, -0.15) is 0 Å². The van der Waals surface area contributed by atoms with Gasteiger partial charge < -0.3 is 21.3 Å². The fraction of sp³-hybridized carbons (Fsp3) is 0.882. The standard InChI is InChI=1S/C17H32N4O2/c1-12(2)9-20-17(23)21-7-3-4-13(11-21)8-16(22)19-10-15(18)14-5-6-14/h12-15H,3-11,18H2,1-2H3,(H,19,22)(H,20,23). The Morgan fingerprint density at radius 3 is 2.57 bits per heavy atom. The largest absolute Gasteiger partial charge is 0.355 e. The van der Waals surface area contributed by atoms with E-state index in [9.17, 15) is 9.59 Å². The minimum Gasteiger partial charge on any atom is -0.355 e. The molecule has 0 aromatic heterocycles. The number of nitrogens with one attached hydrogen (secondary N) is 2. The van der Waals surface area contributed by atoms with Crippen molar-refractivity contribution in [2.45, 2.75) is 52.0 Å². The van der Waals surface area contributed by atoms with Crippen LogP contribution in [-0.2, 0) is 4.79 Å². The molecule has 1 heterocycles. The Bertz CT molecular complexity index is 409. The monoisotopic (exact) mass is 324 g/mol. The van der Waals surface area contributed by atoms with Crippen LogP contribution in [0.1, 0.15) is 46.0 Å². The summed E-state index contributed by atoms with van der Waals surface area (Å²) in [5.74, 6) is 1.37. The van der Waals surface area contributed by atoms with Gasteiger partial charge in [0.15, 0.2) is 0 Å². The van der Waals surface area contributed by atoms with Crippen molar-refractivity contribution >= 4 is 11.9 Å². The molecule has 2 unspecified atom stereocenters. The Labute approximate surface area is 139 Å². The van der Waals surface area contributed by atoms with E-state index in [4.69, 9.17) is 5.73 Å². The third-order valence-electron chi connectivity index (χ3n) is 4.70. The Kier molecular flexibility index (Phi) is 6.69. The lowest BCUT2D eigenvalue weighted by Crippen LogP contribution is -2.47. The van der Waals surface area contributed by atoms with Crippen LogP contribution in [0.5, 0.6) is 0 Å². The number of rotatable bonds is 7. The lowest BCUT2D eigenvalue weighted by molar-refractivity contribution is -0.122. The van der Waals surface area contributed by atoms with Crippen molar-refractivity contribution in [3.8, 4) is 0 Å². The minimum absolute atomic E-state index is 0.000404. The van der Waals surface area contributed by atoms with Crippen LogP contribution in [0, 0.1) is 17.8 Å². The molecule has 0 spiro atoms. The highest BCUT2D eigenvalue weighted by Gasteiger charge is 2.29. The topological polar surface area (TPSA) is 87.5 Å². The number of carbonyl (C=O) groups is 2. The number of piperidine rings is 1. The summed E-state index contributed by atoms with van der Waals surface area (Å²) in [6.07, 6.45) is 4.86. The molecule has 3 amide bonds. The van der Waals surface area contributed by atoms with Gasteiger partial charge in [0.05, 0.1) is 0 Å². The summed E-state index contributed by atoms with van der Waals surface area (Å²) in [6, 6.07) is 0.100. The maximum absolute atomic E-state index is 12.1. The number of hydrogen-bond acceptors (Lipinski definition) is 3. The van der Waals surface area contributed by atoms with E-state index in [1.165, 1.54) is 12.8 Å². The predicted molar refractivity (Wildman–Crippen MR) is 90.9 cm³/mol. The maximum atomic E-state index is 12.1. The number of nitrogens with two attached hydrogens (primary N) is 1. The van der Waals surface area contributed by atoms with Gasteiger partial charge in [-0.25, -0.2) is 4.79 Å². The van der Waals surface area contributed by atoms with Crippen molar-refractivity contribution in [2.24, 2.45) is 23.5 Å². The van der Waals surface area contributed by atoms with Crippen molar-refractivity contribution in [3.05, 3.63) is 0 Å². The third-order valence-corrected chi connectivity index (χ3v) is 4.70. The van der Waals surface area contributed by atoms with Gasteiger partial charge in [-0.3, -0.25) is 4.79 Å². The Morgan fingerprint density at radius 1 is 1.17 bits per heavy atom. The fourth-order valence-electron chi connectivity index (χ4n) is 3.08. The van der Waals surface area contributed by atoms with E-state index >= 15 is 0 Å². The molecule has 1 aliphatic carbocycles. The van der Waals surface area contributed by atoms with E-state index in [2.05, 4.69) is 24.5 Å². The van der Waals surface area contributed by atoms with Gasteiger partial charge in [-0.05, 0) is 43.4 Å². The summed E-state index contributed by atoms with van der Waals surface area (Å²) < 4.78 is 0. The zero-order valence-corrected chi connectivity index (χ0v) is 14.5. The van der Waals surface area contributed by atoms with Gasteiger partial charge in [0.25, 0.3) is 0 Å². The normalized spacial score (nSPS) is 22.8. The SMILES string of the molecule is CC(C)CNC(=O)N1CCCC(CC(=O)NCC(N)C2CC2)C1. The molecule has 6 nitrogen and oxygen atoms in total. The van der Waals surface area contributed by atoms with Crippen LogP contribution in [0.15, 0.2) is 0 Å². The summed E-state index contributed by atoms with van der Waals surface area (Å²) in [5, 5.41) is 5.91. The first-order valence-electron chi connectivity index (χ1n) is 9.00. The summed E-state index contributed by atoms with van der Waals surface area (Å²) in [4.78, 5) is 26.0. The summed E-state index contributed by atoms with van der Waals surface area (Å²) >= 11 is 0. The molecule has 1 saturated carbocycles. The van der Waals surface area contributed by atoms with Gasteiger partial charge in [0, 0.05) is 38.6 Å². The van der Waals surface area contributed by atoms with Crippen LogP contribution >= 0.6 is 0 Å². The first kappa shape index (κ1) is 18.0. The van der Waals surface area contributed by atoms with E-state index in [-0.39, 0.29) is 23.9 Å². The molecule has 4 N–H and O–H groups in total. The van der Waals surface area contributed by atoms with Crippen molar-refractivity contribution in [1.29, 1.82) is 0 Å². The number of carbonyl (C=O) groups excluding carboxylic acids is 2. The Hall–Kier alpha value is -1.30. The molecule has 23 heavy (non-hydrogen) atoms.